The van der Waals surface area contributed by atoms with E-state index in [1.54, 1.807) is 25.9 Å². The number of carbonyl (C=O) groups is 1. The third kappa shape index (κ3) is 4.65. The Hall–Kier alpha value is -3.68. The zero-order valence-corrected chi connectivity index (χ0v) is 17.5. The van der Waals surface area contributed by atoms with Gasteiger partial charge in [0.15, 0.2) is 5.82 Å². The Morgan fingerprint density at radius 1 is 0.867 bits per heavy atom. The monoisotopic (exact) mass is 408 g/mol. The molecule has 0 bridgehead atoms. The molecule has 1 heterocycles. The fraction of sp³-hybridized carbons (Fsp3) is 0.273. The van der Waals surface area contributed by atoms with E-state index in [1.165, 1.54) is 7.11 Å². The number of hydrogen-bond donors (Lipinski definition) is 0. The van der Waals surface area contributed by atoms with Crippen molar-refractivity contribution in [1.82, 2.24) is 20.2 Å². The highest BCUT2D eigenvalue weighted by atomic mass is 16.5. The minimum atomic E-state index is -0.300. The summed E-state index contributed by atoms with van der Waals surface area (Å²) in [4.78, 5) is 11.9. The summed E-state index contributed by atoms with van der Waals surface area (Å²) >= 11 is 0. The van der Waals surface area contributed by atoms with Crippen molar-refractivity contribution < 1.29 is 19.0 Å². The van der Waals surface area contributed by atoms with Gasteiger partial charge in [-0.15, -0.1) is 5.10 Å². The van der Waals surface area contributed by atoms with Crippen molar-refractivity contribution in [1.29, 1.82) is 0 Å². The number of benzene rings is 2. The van der Waals surface area contributed by atoms with E-state index in [-0.39, 0.29) is 12.4 Å². The topological polar surface area (TPSA) is 88.4 Å². The van der Waals surface area contributed by atoms with E-state index in [0.29, 0.717) is 12.2 Å². The van der Waals surface area contributed by atoms with Gasteiger partial charge in [-0.3, -0.25) is 4.79 Å². The normalized spacial score (nSPS) is 10.4. The quantitative estimate of drug-likeness (QED) is 0.529. The van der Waals surface area contributed by atoms with Crippen LogP contribution in [0.4, 0.5) is 0 Å². The fourth-order valence-corrected chi connectivity index (χ4v) is 3.19. The zero-order valence-electron chi connectivity index (χ0n) is 17.5. The van der Waals surface area contributed by atoms with E-state index >= 15 is 0 Å². The summed E-state index contributed by atoms with van der Waals surface area (Å²) in [7, 11) is 6.40. The summed E-state index contributed by atoms with van der Waals surface area (Å²) in [5.74, 6) is 1.79. The molecule has 0 unspecified atom stereocenters. The first kappa shape index (κ1) is 21.0. The average Bonchev–Trinajstić information content (AvgIpc) is 3.22. The number of aryl methyl sites for hydroxylation is 1. The second-order valence-electron chi connectivity index (χ2n) is 6.51. The van der Waals surface area contributed by atoms with Gasteiger partial charge in [0.25, 0.3) is 0 Å². The van der Waals surface area contributed by atoms with Crippen LogP contribution in [0.1, 0.15) is 29.8 Å². The van der Waals surface area contributed by atoms with Gasteiger partial charge in [0, 0.05) is 19.0 Å². The molecule has 3 rings (SSSR count). The molecule has 8 nitrogen and oxygen atoms in total. The van der Waals surface area contributed by atoms with Crippen molar-refractivity contribution in [2.75, 3.05) is 21.3 Å². The standard InChI is InChI=1S/C22H24N4O4/c1-26-22(23-24-25-26)19(13-14-20(27)30-4)21(15-5-9-17(28-2)10-6-15)16-7-11-18(29-3)12-8-16/h5-12H,13-14H2,1-4H3. The molecule has 156 valence electrons. The van der Waals surface area contributed by atoms with E-state index < -0.39 is 0 Å². The predicted molar refractivity (Wildman–Crippen MR) is 112 cm³/mol. The summed E-state index contributed by atoms with van der Waals surface area (Å²) in [5.41, 5.74) is 3.65. The van der Waals surface area contributed by atoms with Crippen molar-refractivity contribution in [3.8, 4) is 11.5 Å². The number of rotatable bonds is 8. The molecule has 2 aromatic carbocycles. The van der Waals surface area contributed by atoms with Crippen LogP contribution in [0.25, 0.3) is 11.1 Å². The SMILES string of the molecule is COC(=O)CCC(=C(c1ccc(OC)cc1)c1ccc(OC)cc1)c1nnnn1C. The molecule has 0 aliphatic heterocycles. The lowest BCUT2D eigenvalue weighted by molar-refractivity contribution is -0.140. The third-order valence-electron chi connectivity index (χ3n) is 4.76. The largest absolute Gasteiger partial charge is 0.497 e. The van der Waals surface area contributed by atoms with E-state index in [2.05, 4.69) is 15.5 Å². The molecule has 0 spiro atoms. The van der Waals surface area contributed by atoms with Gasteiger partial charge in [-0.05, 0) is 57.8 Å². The molecule has 30 heavy (non-hydrogen) atoms. The number of carbonyl (C=O) groups excluding carboxylic acids is 1. The van der Waals surface area contributed by atoms with Gasteiger partial charge >= 0.3 is 5.97 Å². The number of aromatic nitrogens is 4. The molecular weight excluding hydrogens is 384 g/mol. The Morgan fingerprint density at radius 3 is 1.80 bits per heavy atom. The van der Waals surface area contributed by atoms with Crippen molar-refractivity contribution in [3.05, 3.63) is 65.5 Å². The third-order valence-corrected chi connectivity index (χ3v) is 4.76. The van der Waals surface area contributed by atoms with Crippen LogP contribution in [0.15, 0.2) is 48.5 Å². The number of allylic oxidation sites excluding steroid dienone is 1. The Kier molecular flexibility index (Phi) is 6.79. The number of methoxy groups -OCH3 is 3. The van der Waals surface area contributed by atoms with E-state index in [0.717, 1.165) is 33.8 Å². The lowest BCUT2D eigenvalue weighted by atomic mass is 9.90. The minimum Gasteiger partial charge on any atom is -0.497 e. The summed E-state index contributed by atoms with van der Waals surface area (Å²) in [6.45, 7) is 0. The molecule has 0 amide bonds. The van der Waals surface area contributed by atoms with E-state index in [1.807, 2.05) is 48.5 Å². The highest BCUT2D eigenvalue weighted by molar-refractivity contribution is 5.98. The highest BCUT2D eigenvalue weighted by Gasteiger charge is 2.20. The van der Waals surface area contributed by atoms with Gasteiger partial charge in [0.05, 0.1) is 21.3 Å². The van der Waals surface area contributed by atoms with Gasteiger partial charge in [0.1, 0.15) is 11.5 Å². The first-order chi connectivity index (χ1) is 14.6. The molecule has 0 fully saturated rings. The maximum atomic E-state index is 11.9. The maximum absolute atomic E-state index is 11.9. The predicted octanol–water partition coefficient (Wildman–Crippen LogP) is 3.14. The molecule has 3 aromatic rings. The smallest absolute Gasteiger partial charge is 0.305 e. The number of ether oxygens (including phenoxy) is 3. The lowest BCUT2D eigenvalue weighted by Crippen LogP contribution is -2.06. The Morgan fingerprint density at radius 2 is 1.40 bits per heavy atom. The molecule has 0 N–H and O–H groups in total. The molecular formula is C22H24N4O4. The van der Waals surface area contributed by atoms with Crippen LogP contribution in [-0.4, -0.2) is 47.5 Å². The van der Waals surface area contributed by atoms with Crippen molar-refractivity contribution in [2.45, 2.75) is 12.8 Å². The highest BCUT2D eigenvalue weighted by Crippen LogP contribution is 2.35. The zero-order chi connectivity index (χ0) is 21.5. The van der Waals surface area contributed by atoms with Gasteiger partial charge < -0.3 is 14.2 Å². The molecule has 0 radical (unpaired) electrons. The Balaban J connectivity index is 2.22. The average molecular weight is 408 g/mol. The van der Waals surface area contributed by atoms with Crippen LogP contribution in [0.5, 0.6) is 11.5 Å². The van der Waals surface area contributed by atoms with Crippen molar-refractivity contribution >= 4 is 17.1 Å². The second kappa shape index (κ2) is 9.69. The van der Waals surface area contributed by atoms with Crippen LogP contribution >= 0.6 is 0 Å². The molecule has 1 aromatic heterocycles. The Labute approximate surface area is 175 Å². The van der Waals surface area contributed by atoms with Gasteiger partial charge in [0.2, 0.25) is 0 Å². The number of nitrogens with zero attached hydrogens (tertiary/aromatic N) is 4. The summed E-state index contributed by atoms with van der Waals surface area (Å²) in [6.07, 6.45) is 0.614. The van der Waals surface area contributed by atoms with Crippen LogP contribution in [0.3, 0.4) is 0 Å². The first-order valence-corrected chi connectivity index (χ1v) is 9.39. The molecule has 0 aliphatic rings. The molecule has 0 saturated carbocycles. The summed E-state index contributed by atoms with van der Waals surface area (Å²) in [6, 6.07) is 15.5. The first-order valence-electron chi connectivity index (χ1n) is 9.39. The maximum Gasteiger partial charge on any atom is 0.305 e. The minimum absolute atomic E-state index is 0.203. The van der Waals surface area contributed by atoms with Gasteiger partial charge in [-0.25, -0.2) is 4.68 Å². The van der Waals surface area contributed by atoms with Crippen LogP contribution in [0, 0.1) is 0 Å². The molecule has 8 heteroatoms. The Bertz CT molecular complexity index is 975. The van der Waals surface area contributed by atoms with Crippen LogP contribution in [-0.2, 0) is 16.6 Å². The molecule has 0 saturated heterocycles. The summed E-state index contributed by atoms with van der Waals surface area (Å²) < 4.78 is 17.0. The van der Waals surface area contributed by atoms with Crippen molar-refractivity contribution in [2.24, 2.45) is 7.05 Å². The number of hydrogen-bond acceptors (Lipinski definition) is 7. The van der Waals surface area contributed by atoms with E-state index in [4.69, 9.17) is 14.2 Å². The molecule has 0 atom stereocenters. The number of tetrazole rings is 1. The fourth-order valence-electron chi connectivity index (χ4n) is 3.19. The van der Waals surface area contributed by atoms with Crippen molar-refractivity contribution in [3.63, 3.8) is 0 Å². The van der Waals surface area contributed by atoms with Gasteiger partial charge in [-0.1, -0.05) is 24.3 Å². The number of esters is 1. The lowest BCUT2D eigenvalue weighted by Gasteiger charge is -2.16. The molecule has 0 aliphatic carbocycles. The summed E-state index contributed by atoms with van der Waals surface area (Å²) in [5, 5.41) is 12.0. The van der Waals surface area contributed by atoms with Crippen LogP contribution < -0.4 is 9.47 Å². The van der Waals surface area contributed by atoms with Gasteiger partial charge in [-0.2, -0.15) is 0 Å². The van der Waals surface area contributed by atoms with E-state index in [9.17, 15) is 4.79 Å². The van der Waals surface area contributed by atoms with Crippen LogP contribution in [0.2, 0.25) is 0 Å². The second-order valence-corrected chi connectivity index (χ2v) is 6.51.